The number of nitrogens with one attached hydrogen (secondary N) is 1. The molecule has 4 atom stereocenters. The first-order valence-corrected chi connectivity index (χ1v) is 10.3. The minimum absolute atomic E-state index is 0.00710. The molecule has 13 nitrogen and oxygen atoms in total. The molecule has 3 unspecified atom stereocenters. The van der Waals surface area contributed by atoms with Crippen molar-refractivity contribution in [2.45, 2.75) is 44.3 Å². The zero-order chi connectivity index (χ0) is 24.8. The van der Waals surface area contributed by atoms with Gasteiger partial charge in [-0.15, -0.1) is 0 Å². The number of aromatic nitrogens is 2. The smallest absolute Gasteiger partial charge is 0.412 e. The molecule has 1 aromatic heterocycles. The number of aromatic amines is 1. The molecule has 2 aromatic rings. The summed E-state index contributed by atoms with van der Waals surface area (Å²) in [7, 11) is 2.32. The number of amides is 1. The van der Waals surface area contributed by atoms with Crippen LogP contribution in [0.25, 0.3) is 10.4 Å². The van der Waals surface area contributed by atoms with Crippen LogP contribution in [0, 0.1) is 6.92 Å². The van der Waals surface area contributed by atoms with Gasteiger partial charge in [0, 0.05) is 29.5 Å². The predicted octanol–water partition coefficient (Wildman–Crippen LogP) is 1.62. The monoisotopic (exact) mass is 472 g/mol. The molecule has 180 valence electrons. The van der Waals surface area contributed by atoms with Crippen molar-refractivity contribution in [1.29, 1.82) is 0 Å². The Balaban J connectivity index is 2.05. The molecule has 0 spiro atoms. The number of esters is 1. The lowest BCUT2D eigenvalue weighted by atomic mass is 10.0. The number of aryl methyl sites for hydroxylation is 1. The summed E-state index contributed by atoms with van der Waals surface area (Å²) in [6.07, 6.45) is -1.81. The van der Waals surface area contributed by atoms with Crippen molar-refractivity contribution in [3.63, 3.8) is 0 Å². The van der Waals surface area contributed by atoms with E-state index < -0.39 is 47.9 Å². The maximum absolute atomic E-state index is 12.9. The maximum atomic E-state index is 12.9. The second-order valence-corrected chi connectivity index (χ2v) is 7.57. The van der Waals surface area contributed by atoms with Crippen LogP contribution in [0.3, 0.4) is 0 Å². The Morgan fingerprint density at radius 2 is 2.00 bits per heavy atom. The lowest BCUT2D eigenvalue weighted by Gasteiger charge is -2.34. The van der Waals surface area contributed by atoms with Crippen molar-refractivity contribution >= 4 is 12.1 Å². The number of hydrogen-bond acceptors (Lipinski definition) is 8. The van der Waals surface area contributed by atoms with Crippen molar-refractivity contribution in [2.75, 3.05) is 14.2 Å². The molecule has 1 aliphatic heterocycles. The Morgan fingerprint density at radius 3 is 2.62 bits per heavy atom. The van der Waals surface area contributed by atoms with Crippen LogP contribution in [0.1, 0.15) is 23.8 Å². The standard InChI is InChI=1S/C21H24N6O7/c1-12-11-26(20(30)23-17(12)28)16-10-14(24-25-22)18(34-16)27(21(31)33-3)15(19(29)32-2)9-13-7-5-4-6-8-13/h4-8,11,14-16,18H,9-10H2,1-3H3,(H,23,28,30)/t14?,15-,16?,18?/m1/s1. The van der Waals surface area contributed by atoms with Gasteiger partial charge >= 0.3 is 17.8 Å². The molecule has 3 rings (SSSR count). The third-order valence-corrected chi connectivity index (χ3v) is 5.47. The summed E-state index contributed by atoms with van der Waals surface area (Å²) in [6, 6.07) is 6.75. The number of hydrogen-bond donors (Lipinski definition) is 1. The number of carbonyl (C=O) groups excluding carboxylic acids is 2. The second kappa shape index (κ2) is 10.7. The van der Waals surface area contributed by atoms with Crippen LogP contribution in [0.15, 0.2) is 51.2 Å². The van der Waals surface area contributed by atoms with E-state index in [1.54, 1.807) is 30.3 Å². The SMILES string of the molecule is COC(=O)[C@@H](Cc1ccccc1)N(C(=O)OC)C1OC(n2cc(C)c(=O)[nH]c2=O)CC1N=[N+]=[N-]. The molecule has 1 fully saturated rings. The highest BCUT2D eigenvalue weighted by molar-refractivity contribution is 5.82. The van der Waals surface area contributed by atoms with E-state index in [4.69, 9.17) is 19.7 Å². The third kappa shape index (κ3) is 5.11. The summed E-state index contributed by atoms with van der Waals surface area (Å²) in [6.45, 7) is 1.51. The molecule has 0 aliphatic carbocycles. The number of nitrogens with zero attached hydrogens (tertiary/aromatic N) is 5. The predicted molar refractivity (Wildman–Crippen MR) is 118 cm³/mol. The topological polar surface area (TPSA) is 169 Å². The largest absolute Gasteiger partial charge is 0.467 e. The lowest BCUT2D eigenvalue weighted by Crippen LogP contribution is -2.55. The summed E-state index contributed by atoms with van der Waals surface area (Å²) >= 11 is 0. The van der Waals surface area contributed by atoms with Crippen molar-refractivity contribution in [1.82, 2.24) is 14.5 Å². The van der Waals surface area contributed by atoms with Crippen LogP contribution >= 0.6 is 0 Å². The average molecular weight is 472 g/mol. The van der Waals surface area contributed by atoms with Gasteiger partial charge in [0.1, 0.15) is 18.5 Å². The first-order valence-electron chi connectivity index (χ1n) is 10.3. The molecular formula is C21H24N6O7. The zero-order valence-electron chi connectivity index (χ0n) is 18.8. The van der Waals surface area contributed by atoms with Gasteiger partial charge in [0.15, 0.2) is 0 Å². The molecule has 0 bridgehead atoms. The fourth-order valence-electron chi connectivity index (χ4n) is 3.81. The number of rotatable bonds is 7. The normalized spacial score (nSPS) is 20.1. The molecule has 1 aliphatic rings. The van der Waals surface area contributed by atoms with Gasteiger partial charge in [-0.3, -0.25) is 19.2 Å². The van der Waals surface area contributed by atoms with Crippen LogP contribution in [-0.2, 0) is 25.4 Å². The molecule has 2 heterocycles. The van der Waals surface area contributed by atoms with Gasteiger partial charge < -0.3 is 14.2 Å². The number of carbonyl (C=O) groups is 2. The van der Waals surface area contributed by atoms with E-state index in [1.165, 1.54) is 20.2 Å². The van der Waals surface area contributed by atoms with Crippen molar-refractivity contribution in [2.24, 2.45) is 5.11 Å². The summed E-state index contributed by atoms with van der Waals surface area (Å²) in [4.78, 5) is 55.8. The van der Waals surface area contributed by atoms with Crippen LogP contribution < -0.4 is 11.2 Å². The highest BCUT2D eigenvalue weighted by Crippen LogP contribution is 2.34. The summed E-state index contributed by atoms with van der Waals surface area (Å²) < 4.78 is 17.0. The fourth-order valence-corrected chi connectivity index (χ4v) is 3.81. The van der Waals surface area contributed by atoms with Gasteiger partial charge in [-0.2, -0.15) is 0 Å². The highest BCUT2D eigenvalue weighted by Gasteiger charge is 2.47. The van der Waals surface area contributed by atoms with Crippen LogP contribution in [0.5, 0.6) is 0 Å². The number of H-pyrrole nitrogens is 1. The van der Waals surface area contributed by atoms with E-state index in [0.29, 0.717) is 0 Å². The molecule has 34 heavy (non-hydrogen) atoms. The van der Waals surface area contributed by atoms with E-state index >= 15 is 0 Å². The summed E-state index contributed by atoms with van der Waals surface area (Å²) in [5.41, 5.74) is 8.81. The Hall–Kier alpha value is -4.09. The second-order valence-electron chi connectivity index (χ2n) is 7.57. The van der Waals surface area contributed by atoms with Crippen LogP contribution in [0.4, 0.5) is 4.79 Å². The Bertz CT molecular complexity index is 1200. The molecule has 1 N–H and O–H groups in total. The van der Waals surface area contributed by atoms with Crippen molar-refractivity contribution < 1.29 is 23.8 Å². The minimum Gasteiger partial charge on any atom is -0.467 e. The van der Waals surface area contributed by atoms with E-state index in [0.717, 1.165) is 22.1 Å². The van der Waals surface area contributed by atoms with Gasteiger partial charge in [-0.05, 0) is 18.0 Å². The molecule has 0 saturated carbocycles. The van der Waals surface area contributed by atoms with E-state index in [9.17, 15) is 19.2 Å². The van der Waals surface area contributed by atoms with Crippen LogP contribution in [0.2, 0.25) is 0 Å². The molecule has 1 amide bonds. The summed E-state index contributed by atoms with van der Waals surface area (Å²) in [5, 5.41) is 3.73. The zero-order valence-corrected chi connectivity index (χ0v) is 18.8. The van der Waals surface area contributed by atoms with Gasteiger partial charge in [0.25, 0.3) is 5.56 Å². The quantitative estimate of drug-likeness (QED) is 0.276. The fraction of sp³-hybridized carbons (Fsp3) is 0.429. The van der Waals surface area contributed by atoms with Gasteiger partial charge in [-0.1, -0.05) is 35.4 Å². The lowest BCUT2D eigenvalue weighted by molar-refractivity contribution is -0.154. The Kier molecular flexibility index (Phi) is 7.71. The Morgan fingerprint density at radius 1 is 1.29 bits per heavy atom. The third-order valence-electron chi connectivity index (χ3n) is 5.47. The van der Waals surface area contributed by atoms with Crippen LogP contribution in [-0.4, -0.2) is 59.0 Å². The molecule has 1 aromatic carbocycles. The number of benzene rings is 1. The van der Waals surface area contributed by atoms with E-state index in [1.807, 2.05) is 0 Å². The Labute approximate surface area is 193 Å². The van der Waals surface area contributed by atoms with Crippen molar-refractivity contribution in [3.05, 3.63) is 78.9 Å². The van der Waals surface area contributed by atoms with Gasteiger partial charge in [-0.25, -0.2) is 14.4 Å². The first kappa shape index (κ1) is 24.6. The number of ether oxygens (including phenoxy) is 3. The summed E-state index contributed by atoms with van der Waals surface area (Å²) in [5.74, 6) is -0.738. The van der Waals surface area contributed by atoms with Gasteiger partial charge in [0.2, 0.25) is 0 Å². The first-order chi connectivity index (χ1) is 16.3. The molecule has 0 radical (unpaired) electrons. The van der Waals surface area contributed by atoms with E-state index in [-0.39, 0.29) is 18.4 Å². The molecule has 1 saturated heterocycles. The molecule has 13 heteroatoms. The van der Waals surface area contributed by atoms with Crippen molar-refractivity contribution in [3.8, 4) is 0 Å². The number of azide groups is 1. The van der Waals surface area contributed by atoms with E-state index in [2.05, 4.69) is 15.0 Å². The minimum atomic E-state index is -1.26. The number of methoxy groups -OCH3 is 2. The maximum Gasteiger partial charge on any atom is 0.412 e. The van der Waals surface area contributed by atoms with Gasteiger partial charge in [0.05, 0.1) is 20.3 Å². The average Bonchev–Trinajstić information content (AvgIpc) is 3.24. The molecular weight excluding hydrogens is 448 g/mol. The highest BCUT2D eigenvalue weighted by atomic mass is 16.6.